The molecule has 2 atom stereocenters. The van der Waals surface area contributed by atoms with Crippen molar-refractivity contribution in [2.75, 3.05) is 7.05 Å². The highest BCUT2D eigenvalue weighted by Gasteiger charge is 2.38. The van der Waals surface area contributed by atoms with E-state index in [0.29, 0.717) is 12.1 Å². The van der Waals surface area contributed by atoms with Gasteiger partial charge >= 0.3 is 0 Å². The van der Waals surface area contributed by atoms with Crippen molar-refractivity contribution in [1.29, 1.82) is 0 Å². The lowest BCUT2D eigenvalue weighted by molar-refractivity contribution is -0.385. The molecule has 2 unspecified atom stereocenters. The average Bonchev–Trinajstić information content (AvgIpc) is 2.52. The molecule has 3 rings (SSSR count). The normalized spacial score (nSPS) is 27.8. The van der Waals surface area contributed by atoms with E-state index >= 15 is 0 Å². The first-order valence-corrected chi connectivity index (χ1v) is 5.52. The van der Waals surface area contributed by atoms with Crippen molar-refractivity contribution in [1.82, 2.24) is 9.88 Å². The molecule has 84 valence electrons. The van der Waals surface area contributed by atoms with Gasteiger partial charge in [0.05, 0.1) is 4.92 Å². The fourth-order valence-electron chi connectivity index (χ4n) is 2.91. The van der Waals surface area contributed by atoms with E-state index in [0.717, 1.165) is 24.1 Å². The first-order chi connectivity index (χ1) is 7.66. The second-order valence-corrected chi connectivity index (χ2v) is 4.60. The van der Waals surface area contributed by atoms with Gasteiger partial charge in [0, 0.05) is 30.3 Å². The van der Waals surface area contributed by atoms with Crippen molar-refractivity contribution in [3.63, 3.8) is 0 Å². The summed E-state index contributed by atoms with van der Waals surface area (Å²) in [6.45, 7) is 0. The van der Waals surface area contributed by atoms with Gasteiger partial charge in [-0.05, 0) is 25.5 Å². The minimum atomic E-state index is -0.367. The van der Waals surface area contributed by atoms with Gasteiger partial charge in [0.25, 0.3) is 5.69 Å². The van der Waals surface area contributed by atoms with Crippen LogP contribution in [-0.4, -0.2) is 27.9 Å². The summed E-state index contributed by atoms with van der Waals surface area (Å²) >= 11 is 0. The van der Waals surface area contributed by atoms with E-state index in [9.17, 15) is 10.1 Å². The third kappa shape index (κ3) is 1.24. The zero-order valence-electron chi connectivity index (χ0n) is 9.09. The number of nitrogens with zero attached hydrogens (tertiary/aromatic N) is 3. The summed E-state index contributed by atoms with van der Waals surface area (Å²) in [7, 11) is 2.10. The number of aromatic nitrogens is 1. The quantitative estimate of drug-likeness (QED) is 0.532. The first-order valence-electron chi connectivity index (χ1n) is 5.52. The maximum Gasteiger partial charge on any atom is 0.287 e. The largest absolute Gasteiger partial charge is 0.296 e. The minimum absolute atomic E-state index is 0.109. The van der Waals surface area contributed by atoms with Gasteiger partial charge in [-0.15, -0.1) is 0 Å². The fraction of sp³-hybridized carbons (Fsp3) is 0.545. The SMILES string of the molecule is CN1C2CCC1c1cc([N+](=O)[O-])cnc1C2. The van der Waals surface area contributed by atoms with Crippen LogP contribution < -0.4 is 0 Å². The Labute approximate surface area is 93.2 Å². The molecule has 3 heterocycles. The Bertz CT molecular complexity index is 461. The Morgan fingerprint density at radius 1 is 1.56 bits per heavy atom. The first kappa shape index (κ1) is 9.72. The third-order valence-electron chi connectivity index (χ3n) is 3.83. The van der Waals surface area contributed by atoms with Crippen LogP contribution in [0.25, 0.3) is 0 Å². The van der Waals surface area contributed by atoms with E-state index < -0.39 is 0 Å². The van der Waals surface area contributed by atoms with Gasteiger partial charge in [-0.25, -0.2) is 0 Å². The lowest BCUT2D eigenvalue weighted by Crippen LogP contribution is -2.34. The Kier molecular flexibility index (Phi) is 1.97. The molecule has 0 N–H and O–H groups in total. The number of hydrogen-bond acceptors (Lipinski definition) is 4. The van der Waals surface area contributed by atoms with Crippen molar-refractivity contribution in [2.45, 2.75) is 31.3 Å². The monoisotopic (exact) mass is 219 g/mol. The highest BCUT2D eigenvalue weighted by Crippen LogP contribution is 2.42. The predicted octanol–water partition coefficient (Wildman–Crippen LogP) is 1.68. The van der Waals surface area contributed by atoms with Gasteiger partial charge in [-0.1, -0.05) is 0 Å². The molecule has 0 radical (unpaired) electrons. The number of fused-ring (bicyclic) bond motifs is 4. The van der Waals surface area contributed by atoms with Gasteiger partial charge in [0.1, 0.15) is 6.20 Å². The topological polar surface area (TPSA) is 59.3 Å². The number of hydrogen-bond donors (Lipinski definition) is 0. The van der Waals surface area contributed by atoms with Crippen molar-refractivity contribution in [3.8, 4) is 0 Å². The second-order valence-electron chi connectivity index (χ2n) is 4.60. The number of likely N-dealkylation sites (N-methyl/N-ethyl adjacent to an activating group) is 1. The molecule has 5 heteroatoms. The Hall–Kier alpha value is -1.49. The molecular formula is C11H13N3O2. The molecule has 5 nitrogen and oxygen atoms in total. The summed E-state index contributed by atoms with van der Waals surface area (Å²) in [5.74, 6) is 0. The van der Waals surface area contributed by atoms with Crippen LogP contribution in [0.2, 0.25) is 0 Å². The summed E-state index contributed by atoms with van der Waals surface area (Å²) in [5.41, 5.74) is 2.22. The van der Waals surface area contributed by atoms with E-state index in [1.807, 2.05) is 0 Å². The highest BCUT2D eigenvalue weighted by atomic mass is 16.6. The molecule has 0 amide bonds. The third-order valence-corrected chi connectivity index (χ3v) is 3.83. The standard InChI is InChI=1S/C11H13N3O2/c1-13-7-2-3-11(13)9-4-8(14(15)16)6-12-10(9)5-7/h4,6-7,11H,2-3,5H2,1H3. The van der Waals surface area contributed by atoms with Crippen LogP contribution in [0.1, 0.15) is 30.1 Å². The average molecular weight is 219 g/mol. The minimum Gasteiger partial charge on any atom is -0.296 e. The van der Waals surface area contributed by atoms with E-state index in [2.05, 4.69) is 16.9 Å². The van der Waals surface area contributed by atoms with Crippen LogP contribution >= 0.6 is 0 Å². The van der Waals surface area contributed by atoms with Gasteiger partial charge in [-0.3, -0.25) is 20.0 Å². The smallest absolute Gasteiger partial charge is 0.287 e. The van der Waals surface area contributed by atoms with Gasteiger partial charge in [0.2, 0.25) is 0 Å². The van der Waals surface area contributed by atoms with Crippen molar-refractivity contribution >= 4 is 5.69 Å². The molecule has 2 aliphatic rings. The van der Waals surface area contributed by atoms with Crippen LogP contribution in [0.5, 0.6) is 0 Å². The van der Waals surface area contributed by atoms with Gasteiger partial charge in [-0.2, -0.15) is 0 Å². The fourth-order valence-corrected chi connectivity index (χ4v) is 2.91. The molecule has 16 heavy (non-hydrogen) atoms. The number of nitro groups is 1. The van der Waals surface area contributed by atoms with Crippen LogP contribution in [0, 0.1) is 10.1 Å². The Morgan fingerprint density at radius 2 is 2.38 bits per heavy atom. The van der Waals surface area contributed by atoms with Crippen LogP contribution in [0.4, 0.5) is 5.69 Å². The molecule has 0 aliphatic carbocycles. The molecule has 1 fully saturated rings. The summed E-state index contributed by atoms with van der Waals surface area (Å²) in [5, 5.41) is 10.7. The molecule has 2 bridgehead atoms. The molecular weight excluding hydrogens is 206 g/mol. The molecule has 1 aromatic heterocycles. The Balaban J connectivity index is 2.09. The molecule has 2 aliphatic heterocycles. The molecule has 1 aromatic rings. The second kappa shape index (κ2) is 3.25. The summed E-state index contributed by atoms with van der Waals surface area (Å²) in [6, 6.07) is 2.61. The maximum absolute atomic E-state index is 10.7. The summed E-state index contributed by atoms with van der Waals surface area (Å²) in [6.07, 6.45) is 4.58. The zero-order chi connectivity index (χ0) is 11.3. The van der Waals surface area contributed by atoms with Gasteiger partial charge in [0.15, 0.2) is 0 Å². The maximum atomic E-state index is 10.7. The van der Waals surface area contributed by atoms with Gasteiger partial charge < -0.3 is 0 Å². The van der Waals surface area contributed by atoms with Crippen molar-refractivity contribution in [2.24, 2.45) is 0 Å². The van der Waals surface area contributed by atoms with E-state index in [-0.39, 0.29) is 10.6 Å². The Morgan fingerprint density at radius 3 is 3.12 bits per heavy atom. The molecule has 1 saturated heterocycles. The zero-order valence-corrected chi connectivity index (χ0v) is 9.09. The van der Waals surface area contributed by atoms with Crippen LogP contribution in [0.3, 0.4) is 0 Å². The molecule has 0 aromatic carbocycles. The van der Waals surface area contributed by atoms with Crippen molar-refractivity contribution < 1.29 is 4.92 Å². The molecule has 0 spiro atoms. The summed E-state index contributed by atoms with van der Waals surface area (Å²) in [4.78, 5) is 16.9. The summed E-state index contributed by atoms with van der Waals surface area (Å²) < 4.78 is 0. The number of pyridine rings is 1. The van der Waals surface area contributed by atoms with E-state index in [1.54, 1.807) is 6.07 Å². The highest BCUT2D eigenvalue weighted by molar-refractivity contribution is 5.39. The van der Waals surface area contributed by atoms with Crippen LogP contribution in [-0.2, 0) is 6.42 Å². The lowest BCUT2D eigenvalue weighted by atomic mass is 9.98. The van der Waals surface area contributed by atoms with E-state index in [4.69, 9.17) is 0 Å². The van der Waals surface area contributed by atoms with Crippen LogP contribution in [0.15, 0.2) is 12.3 Å². The predicted molar refractivity (Wildman–Crippen MR) is 58.1 cm³/mol. The van der Waals surface area contributed by atoms with Crippen molar-refractivity contribution in [3.05, 3.63) is 33.6 Å². The lowest BCUT2D eigenvalue weighted by Gasteiger charge is -2.32. The number of rotatable bonds is 1. The molecule has 0 saturated carbocycles. The van der Waals surface area contributed by atoms with E-state index in [1.165, 1.54) is 12.6 Å².